The number of halogens is 1. The Morgan fingerprint density at radius 3 is 2.88 bits per heavy atom. The Morgan fingerprint density at radius 2 is 2.29 bits per heavy atom. The number of amides is 1. The van der Waals surface area contributed by atoms with Crippen LogP contribution in [0.2, 0.25) is 0 Å². The highest BCUT2D eigenvalue weighted by molar-refractivity contribution is 9.10. The SMILES string of the molecule is COc1ccc(Br)c(CC2(C)CCC(=O)N2)c1. The molecule has 1 N–H and O–H groups in total. The minimum absolute atomic E-state index is 0.133. The molecule has 1 aliphatic rings. The number of hydrogen-bond acceptors (Lipinski definition) is 2. The average Bonchev–Trinajstić information content (AvgIpc) is 2.62. The van der Waals surface area contributed by atoms with Gasteiger partial charge in [0.05, 0.1) is 7.11 Å². The predicted molar refractivity (Wildman–Crippen MR) is 70.2 cm³/mol. The fraction of sp³-hybridized carbons (Fsp3) is 0.462. The lowest BCUT2D eigenvalue weighted by Gasteiger charge is -2.24. The molecule has 0 aromatic heterocycles. The van der Waals surface area contributed by atoms with Gasteiger partial charge in [0.1, 0.15) is 5.75 Å². The van der Waals surface area contributed by atoms with E-state index in [4.69, 9.17) is 4.74 Å². The summed E-state index contributed by atoms with van der Waals surface area (Å²) in [6.45, 7) is 2.09. The minimum atomic E-state index is -0.133. The van der Waals surface area contributed by atoms with E-state index < -0.39 is 0 Å². The maximum atomic E-state index is 11.3. The van der Waals surface area contributed by atoms with E-state index in [-0.39, 0.29) is 11.4 Å². The Balaban J connectivity index is 2.20. The molecule has 1 aliphatic heterocycles. The largest absolute Gasteiger partial charge is 0.497 e. The molecule has 1 fully saturated rings. The Bertz CT molecular complexity index is 447. The van der Waals surface area contributed by atoms with Crippen LogP contribution in [0.15, 0.2) is 22.7 Å². The summed E-state index contributed by atoms with van der Waals surface area (Å²) in [5.41, 5.74) is 1.03. The van der Waals surface area contributed by atoms with Crippen molar-refractivity contribution in [3.63, 3.8) is 0 Å². The zero-order valence-corrected chi connectivity index (χ0v) is 11.6. The summed E-state index contributed by atoms with van der Waals surface area (Å²) in [5.74, 6) is 0.989. The number of benzene rings is 1. The number of nitrogens with one attached hydrogen (secondary N) is 1. The normalized spacial score (nSPS) is 23.6. The molecule has 4 heteroatoms. The first-order valence-electron chi connectivity index (χ1n) is 5.66. The van der Waals surface area contributed by atoms with Crippen LogP contribution in [0.1, 0.15) is 25.3 Å². The van der Waals surface area contributed by atoms with Crippen molar-refractivity contribution in [2.24, 2.45) is 0 Å². The quantitative estimate of drug-likeness (QED) is 0.931. The van der Waals surface area contributed by atoms with Gasteiger partial charge in [-0.3, -0.25) is 4.79 Å². The molecule has 0 aliphatic carbocycles. The van der Waals surface area contributed by atoms with Gasteiger partial charge in [0, 0.05) is 16.4 Å². The van der Waals surface area contributed by atoms with Crippen molar-refractivity contribution in [3.05, 3.63) is 28.2 Å². The second kappa shape index (κ2) is 4.69. The van der Waals surface area contributed by atoms with E-state index in [9.17, 15) is 4.79 Å². The fourth-order valence-corrected chi connectivity index (χ4v) is 2.60. The second-order valence-electron chi connectivity index (χ2n) is 4.74. The van der Waals surface area contributed by atoms with Crippen molar-refractivity contribution < 1.29 is 9.53 Å². The van der Waals surface area contributed by atoms with Crippen molar-refractivity contribution >= 4 is 21.8 Å². The summed E-state index contributed by atoms with van der Waals surface area (Å²) in [4.78, 5) is 11.3. The van der Waals surface area contributed by atoms with Crippen molar-refractivity contribution in [1.82, 2.24) is 5.32 Å². The Kier molecular flexibility index (Phi) is 3.43. The van der Waals surface area contributed by atoms with Crippen molar-refractivity contribution in [2.75, 3.05) is 7.11 Å². The first-order valence-corrected chi connectivity index (χ1v) is 6.45. The summed E-state index contributed by atoms with van der Waals surface area (Å²) in [6, 6.07) is 5.91. The molecular formula is C13H16BrNO2. The Morgan fingerprint density at radius 1 is 1.53 bits per heavy atom. The van der Waals surface area contributed by atoms with Crippen LogP contribution in [0.25, 0.3) is 0 Å². The van der Waals surface area contributed by atoms with Crippen LogP contribution >= 0.6 is 15.9 Å². The number of methoxy groups -OCH3 is 1. The monoisotopic (exact) mass is 297 g/mol. The summed E-state index contributed by atoms with van der Waals surface area (Å²) in [7, 11) is 1.66. The van der Waals surface area contributed by atoms with E-state index in [2.05, 4.69) is 28.2 Å². The topological polar surface area (TPSA) is 38.3 Å². The van der Waals surface area contributed by atoms with Gasteiger partial charge in [0.15, 0.2) is 0 Å². The van der Waals surface area contributed by atoms with Gasteiger partial charge < -0.3 is 10.1 Å². The Labute approximate surface area is 110 Å². The molecule has 1 aromatic carbocycles. The van der Waals surface area contributed by atoms with Gasteiger partial charge in [-0.2, -0.15) is 0 Å². The summed E-state index contributed by atoms with van der Waals surface area (Å²) < 4.78 is 6.28. The molecule has 1 amide bonds. The van der Waals surface area contributed by atoms with Crippen LogP contribution in [-0.2, 0) is 11.2 Å². The lowest BCUT2D eigenvalue weighted by atomic mass is 9.91. The van der Waals surface area contributed by atoms with Crippen LogP contribution in [0.5, 0.6) is 5.75 Å². The molecule has 1 unspecified atom stereocenters. The van der Waals surface area contributed by atoms with Crippen LogP contribution in [0.3, 0.4) is 0 Å². The maximum absolute atomic E-state index is 11.3. The number of ether oxygens (including phenoxy) is 1. The molecular weight excluding hydrogens is 282 g/mol. The van der Waals surface area contributed by atoms with E-state index in [1.54, 1.807) is 7.11 Å². The molecule has 0 spiro atoms. The van der Waals surface area contributed by atoms with Crippen LogP contribution in [0.4, 0.5) is 0 Å². The molecule has 1 atom stereocenters. The van der Waals surface area contributed by atoms with Crippen molar-refractivity contribution in [3.8, 4) is 5.75 Å². The standard InChI is InChI=1S/C13H16BrNO2/c1-13(6-5-12(16)15-13)8-9-7-10(17-2)3-4-11(9)14/h3-4,7H,5-6,8H2,1-2H3,(H,15,16). The molecule has 0 radical (unpaired) electrons. The Hall–Kier alpha value is -1.03. The number of rotatable bonds is 3. The molecule has 92 valence electrons. The molecule has 0 bridgehead atoms. The third kappa shape index (κ3) is 2.80. The molecule has 3 nitrogen and oxygen atoms in total. The smallest absolute Gasteiger partial charge is 0.220 e. The van der Waals surface area contributed by atoms with E-state index in [1.807, 2.05) is 18.2 Å². The third-order valence-electron chi connectivity index (χ3n) is 3.18. The molecule has 17 heavy (non-hydrogen) atoms. The lowest BCUT2D eigenvalue weighted by molar-refractivity contribution is -0.119. The minimum Gasteiger partial charge on any atom is -0.497 e. The zero-order valence-electron chi connectivity index (χ0n) is 10.0. The van der Waals surface area contributed by atoms with Crippen molar-refractivity contribution in [1.29, 1.82) is 0 Å². The summed E-state index contributed by atoms with van der Waals surface area (Å²) in [6.07, 6.45) is 2.32. The third-order valence-corrected chi connectivity index (χ3v) is 3.95. The van der Waals surface area contributed by atoms with Gasteiger partial charge in [0.2, 0.25) is 5.91 Å². The number of carbonyl (C=O) groups is 1. The van der Waals surface area contributed by atoms with Crippen LogP contribution < -0.4 is 10.1 Å². The van der Waals surface area contributed by atoms with Gasteiger partial charge in [-0.1, -0.05) is 15.9 Å². The molecule has 1 heterocycles. The van der Waals surface area contributed by atoms with Gasteiger partial charge in [-0.25, -0.2) is 0 Å². The predicted octanol–water partition coefficient (Wildman–Crippen LogP) is 2.67. The van der Waals surface area contributed by atoms with E-state index in [1.165, 1.54) is 0 Å². The van der Waals surface area contributed by atoms with Gasteiger partial charge in [-0.05, 0) is 43.5 Å². The van der Waals surface area contributed by atoms with Crippen LogP contribution in [-0.4, -0.2) is 18.6 Å². The highest BCUT2D eigenvalue weighted by Crippen LogP contribution is 2.30. The molecule has 0 saturated carbocycles. The molecule has 1 saturated heterocycles. The molecule has 2 rings (SSSR count). The van der Waals surface area contributed by atoms with E-state index >= 15 is 0 Å². The van der Waals surface area contributed by atoms with E-state index in [0.717, 1.165) is 28.6 Å². The number of carbonyl (C=O) groups excluding carboxylic acids is 1. The maximum Gasteiger partial charge on any atom is 0.220 e. The zero-order chi connectivity index (χ0) is 12.5. The highest BCUT2D eigenvalue weighted by Gasteiger charge is 2.33. The lowest BCUT2D eigenvalue weighted by Crippen LogP contribution is -2.40. The molecule has 1 aromatic rings. The first kappa shape index (κ1) is 12.4. The van der Waals surface area contributed by atoms with E-state index in [0.29, 0.717) is 6.42 Å². The van der Waals surface area contributed by atoms with Gasteiger partial charge in [-0.15, -0.1) is 0 Å². The van der Waals surface area contributed by atoms with Gasteiger partial charge >= 0.3 is 0 Å². The fourth-order valence-electron chi connectivity index (χ4n) is 2.22. The number of hydrogen-bond donors (Lipinski definition) is 1. The summed E-state index contributed by atoms with van der Waals surface area (Å²) >= 11 is 3.54. The highest BCUT2D eigenvalue weighted by atomic mass is 79.9. The van der Waals surface area contributed by atoms with Gasteiger partial charge in [0.25, 0.3) is 0 Å². The second-order valence-corrected chi connectivity index (χ2v) is 5.60. The average molecular weight is 298 g/mol. The van der Waals surface area contributed by atoms with Crippen LogP contribution in [0, 0.1) is 0 Å². The summed E-state index contributed by atoms with van der Waals surface area (Å²) in [5, 5.41) is 3.04. The van der Waals surface area contributed by atoms with Crippen molar-refractivity contribution in [2.45, 2.75) is 31.7 Å². The first-order chi connectivity index (χ1) is 8.02.